The summed E-state index contributed by atoms with van der Waals surface area (Å²) >= 11 is 0. The fourth-order valence-corrected chi connectivity index (χ4v) is 1.56. The maximum Gasteiger partial charge on any atom is 0.412 e. The number of rotatable bonds is 3. The molecular formula is C15H21N3O3. The van der Waals surface area contributed by atoms with Crippen LogP contribution in [0, 0.1) is 0 Å². The molecule has 0 bridgehead atoms. The van der Waals surface area contributed by atoms with Gasteiger partial charge in [-0.1, -0.05) is 6.58 Å². The summed E-state index contributed by atoms with van der Waals surface area (Å²) in [6, 6.07) is 1.56. The van der Waals surface area contributed by atoms with Crippen LogP contribution in [-0.2, 0) is 9.53 Å². The predicted octanol–water partition coefficient (Wildman–Crippen LogP) is 3.42. The number of amides is 2. The first-order chi connectivity index (χ1) is 9.58. The number of nitrogens with one attached hydrogen (secondary N) is 2. The summed E-state index contributed by atoms with van der Waals surface area (Å²) in [6.45, 7) is 12.4. The zero-order chi connectivity index (χ0) is 16.2. The highest BCUT2D eigenvalue weighted by atomic mass is 16.6. The van der Waals surface area contributed by atoms with E-state index in [4.69, 9.17) is 4.74 Å². The molecule has 1 heterocycles. The lowest BCUT2D eigenvalue weighted by molar-refractivity contribution is -0.114. The molecule has 2 amide bonds. The number of hydrogen-bond acceptors (Lipinski definition) is 4. The van der Waals surface area contributed by atoms with Crippen molar-refractivity contribution >= 4 is 29.1 Å². The number of allylic oxidation sites excluding steroid dienone is 1. The van der Waals surface area contributed by atoms with E-state index in [0.717, 1.165) is 5.57 Å². The fourth-order valence-electron chi connectivity index (χ4n) is 1.56. The molecule has 0 saturated heterocycles. The first-order valence-corrected chi connectivity index (χ1v) is 6.52. The number of carbonyl (C=O) groups is 2. The normalized spacial score (nSPS) is 10.7. The molecule has 0 aliphatic carbocycles. The Morgan fingerprint density at radius 1 is 1.24 bits per heavy atom. The van der Waals surface area contributed by atoms with E-state index in [1.165, 1.54) is 6.92 Å². The van der Waals surface area contributed by atoms with Crippen molar-refractivity contribution in [1.29, 1.82) is 0 Å². The molecule has 2 N–H and O–H groups in total. The fraction of sp³-hybridized carbons (Fsp3) is 0.400. The number of pyridine rings is 1. The Balaban J connectivity index is 3.03. The van der Waals surface area contributed by atoms with Gasteiger partial charge in [-0.2, -0.15) is 0 Å². The van der Waals surface area contributed by atoms with E-state index >= 15 is 0 Å². The summed E-state index contributed by atoms with van der Waals surface area (Å²) in [5.41, 5.74) is 1.30. The van der Waals surface area contributed by atoms with Crippen LogP contribution < -0.4 is 10.6 Å². The monoisotopic (exact) mass is 291 g/mol. The Bertz CT molecular complexity index is 574. The summed E-state index contributed by atoms with van der Waals surface area (Å²) in [7, 11) is 0. The van der Waals surface area contributed by atoms with Gasteiger partial charge in [0.25, 0.3) is 0 Å². The van der Waals surface area contributed by atoms with Gasteiger partial charge in [-0.15, -0.1) is 0 Å². The van der Waals surface area contributed by atoms with Crippen molar-refractivity contribution in [1.82, 2.24) is 4.98 Å². The molecule has 0 aromatic carbocycles. The minimum Gasteiger partial charge on any atom is -0.444 e. The molecule has 0 radical (unpaired) electrons. The van der Waals surface area contributed by atoms with Crippen molar-refractivity contribution in [2.75, 3.05) is 10.6 Å². The molecule has 0 fully saturated rings. The first kappa shape index (κ1) is 16.7. The molecule has 21 heavy (non-hydrogen) atoms. The van der Waals surface area contributed by atoms with E-state index < -0.39 is 11.7 Å². The van der Waals surface area contributed by atoms with E-state index in [1.54, 1.807) is 40.0 Å². The standard InChI is InChI=1S/C15H21N3O3/c1-9(2)11-8-16-13(17-10(3)19)7-12(11)18-14(20)21-15(4,5)6/h7-8H,1H2,2-6H3,(H2,16,17,18,19,20). The lowest BCUT2D eigenvalue weighted by Crippen LogP contribution is -2.27. The molecule has 0 spiro atoms. The summed E-state index contributed by atoms with van der Waals surface area (Å²) in [5.74, 6) is 0.104. The molecule has 0 saturated carbocycles. The molecule has 0 atom stereocenters. The lowest BCUT2D eigenvalue weighted by Gasteiger charge is -2.20. The van der Waals surface area contributed by atoms with Crippen molar-refractivity contribution in [3.05, 3.63) is 24.4 Å². The van der Waals surface area contributed by atoms with Gasteiger partial charge in [-0.3, -0.25) is 10.1 Å². The van der Waals surface area contributed by atoms with Crippen molar-refractivity contribution in [2.45, 2.75) is 40.2 Å². The summed E-state index contributed by atoms with van der Waals surface area (Å²) in [5, 5.41) is 5.21. The number of anilines is 2. The highest BCUT2D eigenvalue weighted by Gasteiger charge is 2.18. The van der Waals surface area contributed by atoms with Crippen LogP contribution in [-0.4, -0.2) is 22.6 Å². The minimum absolute atomic E-state index is 0.242. The molecular weight excluding hydrogens is 270 g/mol. The van der Waals surface area contributed by atoms with Gasteiger partial charge in [0, 0.05) is 24.8 Å². The van der Waals surface area contributed by atoms with E-state index in [9.17, 15) is 9.59 Å². The molecule has 1 aromatic heterocycles. The number of carbonyl (C=O) groups excluding carboxylic acids is 2. The number of aromatic nitrogens is 1. The van der Waals surface area contributed by atoms with Crippen LogP contribution in [0.2, 0.25) is 0 Å². The van der Waals surface area contributed by atoms with Crippen molar-refractivity contribution < 1.29 is 14.3 Å². The second-order valence-electron chi connectivity index (χ2n) is 5.70. The summed E-state index contributed by atoms with van der Waals surface area (Å²) in [4.78, 5) is 27.0. The van der Waals surface area contributed by atoms with Crippen LogP contribution in [0.25, 0.3) is 5.57 Å². The van der Waals surface area contributed by atoms with Gasteiger partial charge in [0.05, 0.1) is 5.69 Å². The Labute approximate surface area is 124 Å². The van der Waals surface area contributed by atoms with Crippen LogP contribution in [0.1, 0.15) is 40.2 Å². The van der Waals surface area contributed by atoms with Gasteiger partial charge in [0.2, 0.25) is 5.91 Å². The van der Waals surface area contributed by atoms with Crippen LogP contribution in [0.5, 0.6) is 0 Å². The third kappa shape index (κ3) is 5.64. The highest BCUT2D eigenvalue weighted by molar-refractivity contribution is 5.92. The number of nitrogens with zero attached hydrogens (tertiary/aromatic N) is 1. The molecule has 1 rings (SSSR count). The molecule has 0 aliphatic heterocycles. The van der Waals surface area contributed by atoms with Gasteiger partial charge in [-0.05, 0) is 33.3 Å². The second-order valence-corrected chi connectivity index (χ2v) is 5.70. The average Bonchev–Trinajstić information content (AvgIpc) is 2.24. The van der Waals surface area contributed by atoms with Crippen LogP contribution in [0.4, 0.5) is 16.3 Å². The number of hydrogen-bond donors (Lipinski definition) is 2. The predicted molar refractivity (Wildman–Crippen MR) is 83.1 cm³/mol. The Hall–Kier alpha value is -2.37. The Morgan fingerprint density at radius 3 is 2.33 bits per heavy atom. The summed E-state index contributed by atoms with van der Waals surface area (Å²) in [6.07, 6.45) is 0.963. The van der Waals surface area contributed by atoms with Gasteiger partial charge in [0.1, 0.15) is 11.4 Å². The van der Waals surface area contributed by atoms with E-state index in [-0.39, 0.29) is 5.91 Å². The van der Waals surface area contributed by atoms with Gasteiger partial charge >= 0.3 is 6.09 Å². The smallest absolute Gasteiger partial charge is 0.412 e. The molecule has 6 heteroatoms. The topological polar surface area (TPSA) is 80.3 Å². The quantitative estimate of drug-likeness (QED) is 0.894. The van der Waals surface area contributed by atoms with Gasteiger partial charge in [-0.25, -0.2) is 9.78 Å². The molecule has 0 aliphatic rings. The SMILES string of the molecule is C=C(C)c1cnc(NC(C)=O)cc1NC(=O)OC(C)(C)C. The van der Waals surface area contributed by atoms with Crippen molar-refractivity contribution in [3.63, 3.8) is 0 Å². The van der Waals surface area contributed by atoms with E-state index in [0.29, 0.717) is 17.1 Å². The van der Waals surface area contributed by atoms with E-state index in [2.05, 4.69) is 22.2 Å². The molecule has 0 unspecified atom stereocenters. The Morgan fingerprint density at radius 2 is 1.86 bits per heavy atom. The van der Waals surface area contributed by atoms with Crippen molar-refractivity contribution in [3.8, 4) is 0 Å². The Kier molecular flexibility index (Phi) is 5.07. The third-order valence-corrected chi connectivity index (χ3v) is 2.30. The molecule has 6 nitrogen and oxygen atoms in total. The number of ether oxygens (including phenoxy) is 1. The largest absolute Gasteiger partial charge is 0.444 e. The third-order valence-electron chi connectivity index (χ3n) is 2.30. The molecule has 114 valence electrons. The van der Waals surface area contributed by atoms with Gasteiger partial charge < -0.3 is 10.1 Å². The van der Waals surface area contributed by atoms with E-state index in [1.807, 2.05) is 0 Å². The zero-order valence-electron chi connectivity index (χ0n) is 13.0. The minimum atomic E-state index is -0.596. The zero-order valence-corrected chi connectivity index (χ0v) is 13.0. The first-order valence-electron chi connectivity index (χ1n) is 6.52. The maximum absolute atomic E-state index is 11.9. The van der Waals surface area contributed by atoms with Gasteiger partial charge in [0.15, 0.2) is 0 Å². The maximum atomic E-state index is 11.9. The average molecular weight is 291 g/mol. The second kappa shape index (κ2) is 6.39. The highest BCUT2D eigenvalue weighted by Crippen LogP contribution is 2.25. The van der Waals surface area contributed by atoms with Crippen molar-refractivity contribution in [2.24, 2.45) is 0 Å². The molecule has 1 aromatic rings. The van der Waals surface area contributed by atoms with Crippen LogP contribution in [0.3, 0.4) is 0 Å². The lowest BCUT2D eigenvalue weighted by atomic mass is 10.1. The van der Waals surface area contributed by atoms with Crippen LogP contribution in [0.15, 0.2) is 18.8 Å². The van der Waals surface area contributed by atoms with Crippen LogP contribution >= 0.6 is 0 Å². The summed E-state index contributed by atoms with van der Waals surface area (Å²) < 4.78 is 5.21.